The minimum Gasteiger partial charge on any atom is -0.506 e. The predicted molar refractivity (Wildman–Crippen MR) is 133 cm³/mol. The highest BCUT2D eigenvalue weighted by atomic mass is 16.3. The summed E-state index contributed by atoms with van der Waals surface area (Å²) >= 11 is 0. The van der Waals surface area contributed by atoms with Crippen LogP contribution in [0.1, 0.15) is 35.6 Å². The largest absolute Gasteiger partial charge is 0.506 e. The van der Waals surface area contributed by atoms with Crippen LogP contribution in [0.2, 0.25) is 0 Å². The second kappa shape index (κ2) is 11.2. The van der Waals surface area contributed by atoms with Gasteiger partial charge in [0.1, 0.15) is 11.9 Å². The molecule has 1 aliphatic heterocycles. The Morgan fingerprint density at radius 2 is 1.62 bits per heavy atom. The molecule has 1 atom stereocenters. The first-order valence-corrected chi connectivity index (χ1v) is 11.6. The number of aliphatic hydroxyl groups is 2. The molecule has 0 saturated carbocycles. The van der Waals surface area contributed by atoms with Gasteiger partial charge in [0.25, 0.3) is 0 Å². The van der Waals surface area contributed by atoms with Gasteiger partial charge in [-0.3, -0.25) is 9.69 Å². The highest BCUT2D eigenvalue weighted by Crippen LogP contribution is 2.29. The van der Waals surface area contributed by atoms with E-state index in [4.69, 9.17) is 0 Å². The fourth-order valence-corrected chi connectivity index (χ4v) is 4.30. The number of carbonyl (C=O) groups excluding carboxylic acids is 1. The number of nitrogens with zero attached hydrogens (tertiary/aromatic N) is 1. The van der Waals surface area contributed by atoms with Crippen LogP contribution < -0.4 is 10.6 Å². The van der Waals surface area contributed by atoms with Crippen LogP contribution in [-0.4, -0.2) is 51.8 Å². The number of phenolic OH excluding ortho intramolecular Hbond substituents is 1. The van der Waals surface area contributed by atoms with Gasteiger partial charge in [-0.1, -0.05) is 54.6 Å². The lowest BCUT2D eigenvalue weighted by atomic mass is 10.0. The Morgan fingerprint density at radius 3 is 2.29 bits per heavy atom. The molecule has 178 valence electrons. The molecule has 0 spiro atoms. The average Bonchev–Trinajstić information content (AvgIpc) is 2.87. The van der Waals surface area contributed by atoms with E-state index in [1.165, 1.54) is 0 Å². The van der Waals surface area contributed by atoms with E-state index in [-0.39, 0.29) is 24.3 Å². The van der Waals surface area contributed by atoms with Crippen molar-refractivity contribution in [2.24, 2.45) is 0 Å². The number of hydrogen-bond acceptors (Lipinski definition) is 6. The molecule has 7 heteroatoms. The quantitative estimate of drug-likeness (QED) is 0.329. The van der Waals surface area contributed by atoms with E-state index in [1.54, 1.807) is 30.3 Å². The number of benzene rings is 3. The molecular weight excluding hydrogens is 430 g/mol. The number of phenols is 1. The Bertz CT molecular complexity index is 1080. The van der Waals surface area contributed by atoms with Crippen molar-refractivity contribution in [2.75, 3.05) is 30.3 Å². The summed E-state index contributed by atoms with van der Waals surface area (Å²) in [5, 5.41) is 36.4. The number of amides is 1. The number of piperidine rings is 1. The standard InChI is InChI=1S/C27H31N3O4/c31-18-21-7-4-8-24(32)26(21)29-23-13-15-30(16-14-23)17-25(33)28-22-11-9-20(10-12-22)27(34)19-5-2-1-3-6-19/h1-12,23,27,29,31-32,34H,13-18H2,(H,28,33). The molecule has 7 nitrogen and oxygen atoms in total. The molecular formula is C27H31N3O4. The summed E-state index contributed by atoms with van der Waals surface area (Å²) in [6.07, 6.45) is 0.962. The molecule has 5 N–H and O–H groups in total. The van der Waals surface area contributed by atoms with Crippen LogP contribution in [0.25, 0.3) is 0 Å². The second-order valence-electron chi connectivity index (χ2n) is 8.65. The molecule has 1 fully saturated rings. The number of nitrogens with one attached hydrogen (secondary N) is 2. The lowest BCUT2D eigenvalue weighted by Crippen LogP contribution is -2.42. The van der Waals surface area contributed by atoms with Crippen LogP contribution in [0, 0.1) is 0 Å². The molecule has 34 heavy (non-hydrogen) atoms. The first kappa shape index (κ1) is 23.8. The maximum absolute atomic E-state index is 12.5. The third-order valence-electron chi connectivity index (χ3n) is 6.23. The molecule has 0 aromatic heterocycles. The smallest absolute Gasteiger partial charge is 0.238 e. The number of aliphatic hydroxyl groups excluding tert-OH is 2. The molecule has 1 unspecified atom stereocenters. The second-order valence-corrected chi connectivity index (χ2v) is 8.65. The van der Waals surface area contributed by atoms with E-state index in [0.717, 1.165) is 37.1 Å². The normalized spacial score (nSPS) is 15.6. The van der Waals surface area contributed by atoms with Crippen LogP contribution in [-0.2, 0) is 11.4 Å². The van der Waals surface area contributed by atoms with Gasteiger partial charge in [-0.05, 0) is 42.2 Å². The number of para-hydroxylation sites is 1. The van der Waals surface area contributed by atoms with Gasteiger partial charge in [0, 0.05) is 30.4 Å². The fraction of sp³-hybridized carbons (Fsp3) is 0.296. The molecule has 1 amide bonds. The van der Waals surface area contributed by atoms with Crippen molar-refractivity contribution in [3.8, 4) is 5.75 Å². The minimum atomic E-state index is -0.702. The molecule has 1 aliphatic rings. The maximum Gasteiger partial charge on any atom is 0.238 e. The molecule has 1 heterocycles. The molecule has 0 bridgehead atoms. The van der Waals surface area contributed by atoms with Crippen molar-refractivity contribution >= 4 is 17.3 Å². The first-order valence-electron chi connectivity index (χ1n) is 11.6. The van der Waals surface area contributed by atoms with E-state index in [1.807, 2.05) is 42.5 Å². The van der Waals surface area contributed by atoms with Gasteiger partial charge in [0.05, 0.1) is 18.8 Å². The number of carbonyl (C=O) groups is 1. The van der Waals surface area contributed by atoms with E-state index in [2.05, 4.69) is 15.5 Å². The number of aromatic hydroxyl groups is 1. The molecule has 1 saturated heterocycles. The van der Waals surface area contributed by atoms with Crippen LogP contribution in [0.5, 0.6) is 5.75 Å². The highest BCUT2D eigenvalue weighted by Gasteiger charge is 2.22. The van der Waals surface area contributed by atoms with Gasteiger partial charge in [0.2, 0.25) is 5.91 Å². The van der Waals surface area contributed by atoms with Crippen molar-refractivity contribution in [2.45, 2.75) is 31.6 Å². The topological polar surface area (TPSA) is 105 Å². The highest BCUT2D eigenvalue weighted by molar-refractivity contribution is 5.92. The molecule has 0 aliphatic carbocycles. The van der Waals surface area contributed by atoms with Crippen LogP contribution in [0.4, 0.5) is 11.4 Å². The Labute approximate surface area is 199 Å². The summed E-state index contributed by atoms with van der Waals surface area (Å²) < 4.78 is 0. The van der Waals surface area contributed by atoms with Crippen LogP contribution in [0.15, 0.2) is 72.8 Å². The molecule has 4 rings (SSSR count). The first-order chi connectivity index (χ1) is 16.5. The summed E-state index contributed by atoms with van der Waals surface area (Å²) in [6.45, 7) is 1.69. The Hall–Kier alpha value is -3.39. The summed E-state index contributed by atoms with van der Waals surface area (Å²) in [5.74, 6) is 0.0571. The zero-order valence-electron chi connectivity index (χ0n) is 19.0. The third-order valence-corrected chi connectivity index (χ3v) is 6.23. The van der Waals surface area contributed by atoms with Crippen LogP contribution >= 0.6 is 0 Å². The summed E-state index contributed by atoms with van der Waals surface area (Å²) in [4.78, 5) is 14.7. The van der Waals surface area contributed by atoms with Gasteiger partial charge in [-0.25, -0.2) is 0 Å². The molecule has 3 aromatic carbocycles. The third kappa shape index (κ3) is 5.94. The van der Waals surface area contributed by atoms with Crippen molar-refractivity contribution in [1.29, 1.82) is 0 Å². The van der Waals surface area contributed by atoms with E-state index < -0.39 is 6.10 Å². The van der Waals surface area contributed by atoms with Gasteiger partial charge >= 0.3 is 0 Å². The van der Waals surface area contributed by atoms with Gasteiger partial charge < -0.3 is 26.0 Å². The summed E-state index contributed by atoms with van der Waals surface area (Å²) in [6, 6.07) is 22.0. The summed E-state index contributed by atoms with van der Waals surface area (Å²) in [5.41, 5.74) is 3.55. The minimum absolute atomic E-state index is 0.0777. The van der Waals surface area contributed by atoms with Gasteiger partial charge in [-0.15, -0.1) is 0 Å². The zero-order valence-corrected chi connectivity index (χ0v) is 19.0. The predicted octanol–water partition coefficient (Wildman–Crippen LogP) is 3.48. The van der Waals surface area contributed by atoms with Crippen molar-refractivity contribution < 1.29 is 20.1 Å². The number of anilines is 2. The van der Waals surface area contributed by atoms with Gasteiger partial charge in [-0.2, -0.15) is 0 Å². The Kier molecular flexibility index (Phi) is 7.80. The maximum atomic E-state index is 12.5. The van der Waals surface area contributed by atoms with Crippen molar-refractivity contribution in [3.05, 3.63) is 89.5 Å². The molecule has 3 aromatic rings. The van der Waals surface area contributed by atoms with Crippen LogP contribution in [0.3, 0.4) is 0 Å². The molecule has 0 radical (unpaired) electrons. The lowest BCUT2D eigenvalue weighted by Gasteiger charge is -2.32. The number of likely N-dealkylation sites (tertiary alicyclic amines) is 1. The van der Waals surface area contributed by atoms with E-state index in [0.29, 0.717) is 23.5 Å². The average molecular weight is 462 g/mol. The van der Waals surface area contributed by atoms with E-state index in [9.17, 15) is 20.1 Å². The summed E-state index contributed by atoms with van der Waals surface area (Å²) in [7, 11) is 0. The Morgan fingerprint density at radius 1 is 0.941 bits per heavy atom. The van der Waals surface area contributed by atoms with E-state index >= 15 is 0 Å². The zero-order chi connectivity index (χ0) is 23.9. The van der Waals surface area contributed by atoms with Crippen molar-refractivity contribution in [1.82, 2.24) is 4.90 Å². The van der Waals surface area contributed by atoms with Gasteiger partial charge in [0.15, 0.2) is 0 Å². The Balaban J connectivity index is 1.25. The monoisotopic (exact) mass is 461 g/mol. The number of hydrogen-bond donors (Lipinski definition) is 5. The SMILES string of the molecule is O=C(CN1CCC(Nc2c(O)cccc2CO)CC1)Nc1ccc(C(O)c2ccccc2)cc1. The van der Waals surface area contributed by atoms with Crippen molar-refractivity contribution in [3.63, 3.8) is 0 Å². The number of rotatable bonds is 8. The lowest BCUT2D eigenvalue weighted by molar-refractivity contribution is -0.117. The fourth-order valence-electron chi connectivity index (χ4n) is 4.30.